The minimum absolute atomic E-state index is 0.138. The highest BCUT2D eigenvalue weighted by atomic mass is 16.3. The number of nitrogens with zero attached hydrogens (tertiary/aromatic N) is 1. The second-order valence-electron chi connectivity index (χ2n) is 7.25. The Balaban J connectivity index is 2.17. The van der Waals surface area contributed by atoms with Crippen LogP contribution in [0, 0.1) is 0 Å². The predicted octanol–water partition coefficient (Wildman–Crippen LogP) is 4.99. The summed E-state index contributed by atoms with van der Waals surface area (Å²) < 4.78 is 0. The number of benzene rings is 1. The Morgan fingerprint density at radius 2 is 1.81 bits per heavy atom. The zero-order valence-corrected chi connectivity index (χ0v) is 15.7. The topological polar surface area (TPSA) is 82.5 Å². The van der Waals surface area contributed by atoms with Gasteiger partial charge in [0.25, 0.3) is 5.91 Å². The number of unbranched alkanes of at least 4 members (excludes halogenated alkanes) is 3. The molecule has 0 atom stereocenters. The fourth-order valence-corrected chi connectivity index (χ4v) is 2.99. The molecule has 5 heteroatoms. The Hall–Kier alpha value is -2.56. The number of aromatic hydroxyl groups is 2. The van der Waals surface area contributed by atoms with Crippen LogP contribution in [0.3, 0.4) is 0 Å². The highest BCUT2D eigenvalue weighted by Crippen LogP contribution is 2.37. The lowest BCUT2D eigenvalue weighted by molar-refractivity contribution is 0.102. The molecule has 5 nitrogen and oxygen atoms in total. The van der Waals surface area contributed by atoms with Crippen LogP contribution in [0.5, 0.6) is 11.5 Å². The smallest absolute Gasteiger partial charge is 0.264 e. The van der Waals surface area contributed by atoms with Gasteiger partial charge in [-0.25, -0.2) is 4.98 Å². The van der Waals surface area contributed by atoms with Crippen molar-refractivity contribution in [2.45, 2.75) is 58.3 Å². The van der Waals surface area contributed by atoms with Crippen molar-refractivity contribution in [3.8, 4) is 11.5 Å². The van der Waals surface area contributed by atoms with Gasteiger partial charge < -0.3 is 15.5 Å². The number of hydrogen-bond donors (Lipinski definition) is 3. The van der Waals surface area contributed by atoms with Crippen LogP contribution >= 0.6 is 0 Å². The van der Waals surface area contributed by atoms with Gasteiger partial charge in [0.05, 0.1) is 0 Å². The summed E-state index contributed by atoms with van der Waals surface area (Å²) >= 11 is 0. The number of anilines is 1. The van der Waals surface area contributed by atoms with Gasteiger partial charge in [-0.2, -0.15) is 0 Å². The normalized spacial score (nSPS) is 11.3. The summed E-state index contributed by atoms with van der Waals surface area (Å²) in [6.07, 6.45) is 7.15. The van der Waals surface area contributed by atoms with Crippen LogP contribution in [0.2, 0.25) is 0 Å². The van der Waals surface area contributed by atoms with E-state index in [-0.39, 0.29) is 22.5 Å². The number of carbonyl (C=O) groups is 1. The van der Waals surface area contributed by atoms with Crippen LogP contribution in [-0.4, -0.2) is 21.1 Å². The van der Waals surface area contributed by atoms with Gasteiger partial charge in [0.15, 0.2) is 0 Å². The van der Waals surface area contributed by atoms with E-state index in [1.54, 1.807) is 36.5 Å². The highest BCUT2D eigenvalue weighted by Gasteiger charge is 2.25. The number of carbonyl (C=O) groups excluding carboxylic acids is 1. The zero-order valence-electron chi connectivity index (χ0n) is 15.7. The van der Waals surface area contributed by atoms with Gasteiger partial charge in [-0.15, -0.1) is 0 Å². The lowest BCUT2D eigenvalue weighted by Crippen LogP contribution is -2.18. The lowest BCUT2D eigenvalue weighted by Gasteiger charge is -2.26. The number of hydrogen-bond acceptors (Lipinski definition) is 4. The maximum atomic E-state index is 12.4. The van der Waals surface area contributed by atoms with Crippen molar-refractivity contribution in [2.75, 3.05) is 5.32 Å². The molecule has 1 amide bonds. The van der Waals surface area contributed by atoms with Crippen molar-refractivity contribution in [3.63, 3.8) is 0 Å². The number of nitrogens with one attached hydrogen (secondary N) is 1. The molecule has 0 aliphatic carbocycles. The number of amides is 1. The maximum Gasteiger partial charge on any atom is 0.264 e. The summed E-state index contributed by atoms with van der Waals surface area (Å²) in [5.41, 5.74) is 0.484. The standard InChI is InChI=1S/C21H28N2O3/c1-4-5-6-8-11-21(2,3)15-13-16(24)19(17(25)14-15)20(26)23-18-10-7-9-12-22-18/h7,9-10,12-14,24-25H,4-6,8,11H2,1-3H3,(H,22,23,26). The average molecular weight is 356 g/mol. The van der Waals surface area contributed by atoms with Crippen LogP contribution in [0.15, 0.2) is 36.5 Å². The Morgan fingerprint density at radius 3 is 2.38 bits per heavy atom. The van der Waals surface area contributed by atoms with Crippen LogP contribution in [-0.2, 0) is 5.41 Å². The molecule has 140 valence electrons. The molecule has 0 bridgehead atoms. The minimum atomic E-state index is -0.592. The van der Waals surface area contributed by atoms with Gasteiger partial charge in [-0.3, -0.25) is 4.79 Å². The molecule has 26 heavy (non-hydrogen) atoms. The summed E-state index contributed by atoms with van der Waals surface area (Å²) in [4.78, 5) is 16.4. The average Bonchev–Trinajstić information content (AvgIpc) is 2.59. The van der Waals surface area contributed by atoms with Crippen LogP contribution in [0.1, 0.15) is 68.8 Å². The van der Waals surface area contributed by atoms with Gasteiger partial charge >= 0.3 is 0 Å². The predicted molar refractivity (Wildman–Crippen MR) is 104 cm³/mol. The van der Waals surface area contributed by atoms with Crippen LogP contribution < -0.4 is 5.32 Å². The largest absolute Gasteiger partial charge is 0.507 e. The molecule has 0 radical (unpaired) electrons. The molecule has 2 rings (SSSR count). The summed E-state index contributed by atoms with van der Waals surface area (Å²) in [6.45, 7) is 6.34. The molecule has 0 saturated carbocycles. The summed E-state index contributed by atoms with van der Waals surface area (Å²) in [5, 5.41) is 23.3. The highest BCUT2D eigenvalue weighted by molar-refractivity contribution is 6.07. The first-order valence-electron chi connectivity index (χ1n) is 9.14. The van der Waals surface area contributed by atoms with Crippen molar-refractivity contribution in [3.05, 3.63) is 47.7 Å². The third-order valence-electron chi connectivity index (χ3n) is 4.67. The molecule has 1 heterocycles. The van der Waals surface area contributed by atoms with Crippen molar-refractivity contribution in [2.24, 2.45) is 0 Å². The SMILES string of the molecule is CCCCCCC(C)(C)c1cc(O)c(C(=O)Nc2ccccn2)c(O)c1. The third kappa shape index (κ3) is 4.97. The molecular formula is C21H28N2O3. The van der Waals surface area contributed by atoms with Crippen molar-refractivity contribution in [1.82, 2.24) is 4.98 Å². The van der Waals surface area contributed by atoms with E-state index in [4.69, 9.17) is 0 Å². The molecule has 0 saturated heterocycles. The van der Waals surface area contributed by atoms with E-state index in [1.165, 1.54) is 19.3 Å². The van der Waals surface area contributed by atoms with E-state index in [0.717, 1.165) is 18.4 Å². The first-order chi connectivity index (χ1) is 12.3. The summed E-state index contributed by atoms with van der Waals surface area (Å²) in [5.74, 6) is -0.687. The number of aromatic nitrogens is 1. The number of pyridine rings is 1. The van der Waals surface area contributed by atoms with E-state index in [2.05, 4.69) is 31.1 Å². The Bertz CT molecular complexity index is 719. The summed E-state index contributed by atoms with van der Waals surface area (Å²) in [7, 11) is 0. The van der Waals surface area contributed by atoms with Gasteiger partial charge in [0, 0.05) is 6.20 Å². The second-order valence-corrected chi connectivity index (χ2v) is 7.25. The Morgan fingerprint density at radius 1 is 1.12 bits per heavy atom. The molecule has 0 spiro atoms. The molecular weight excluding hydrogens is 328 g/mol. The number of phenolic OH excluding ortho intramolecular Hbond substituents is 2. The molecule has 0 unspecified atom stereocenters. The molecule has 0 aliphatic rings. The van der Waals surface area contributed by atoms with Gasteiger partial charge in [-0.1, -0.05) is 52.5 Å². The Labute approximate surface area is 155 Å². The van der Waals surface area contributed by atoms with Crippen molar-refractivity contribution < 1.29 is 15.0 Å². The molecule has 3 N–H and O–H groups in total. The van der Waals surface area contributed by atoms with Gasteiger partial charge in [0.1, 0.15) is 22.9 Å². The summed E-state index contributed by atoms with van der Waals surface area (Å²) in [6, 6.07) is 8.27. The second kappa shape index (κ2) is 8.70. The van der Waals surface area contributed by atoms with E-state index < -0.39 is 5.91 Å². The zero-order chi connectivity index (χ0) is 19.2. The van der Waals surface area contributed by atoms with Crippen molar-refractivity contribution >= 4 is 11.7 Å². The van der Waals surface area contributed by atoms with E-state index in [9.17, 15) is 15.0 Å². The quantitative estimate of drug-likeness (QED) is 0.582. The fourth-order valence-electron chi connectivity index (χ4n) is 2.99. The molecule has 2 aromatic rings. The fraction of sp³-hybridized carbons (Fsp3) is 0.429. The molecule has 0 fully saturated rings. The van der Waals surface area contributed by atoms with E-state index >= 15 is 0 Å². The number of rotatable bonds is 8. The minimum Gasteiger partial charge on any atom is -0.507 e. The third-order valence-corrected chi connectivity index (χ3v) is 4.67. The van der Waals surface area contributed by atoms with Gasteiger partial charge in [-0.05, 0) is 41.7 Å². The molecule has 1 aromatic carbocycles. The number of phenols is 2. The lowest BCUT2D eigenvalue weighted by atomic mass is 9.79. The Kier molecular flexibility index (Phi) is 6.61. The monoisotopic (exact) mass is 356 g/mol. The first kappa shape index (κ1) is 19.8. The van der Waals surface area contributed by atoms with E-state index in [1.807, 2.05) is 0 Å². The van der Waals surface area contributed by atoms with Gasteiger partial charge in [0.2, 0.25) is 0 Å². The maximum absolute atomic E-state index is 12.4. The molecule has 0 aliphatic heterocycles. The van der Waals surface area contributed by atoms with Crippen LogP contribution in [0.25, 0.3) is 0 Å². The molecule has 1 aromatic heterocycles. The van der Waals surface area contributed by atoms with E-state index in [0.29, 0.717) is 5.82 Å². The van der Waals surface area contributed by atoms with Crippen molar-refractivity contribution in [1.29, 1.82) is 0 Å². The first-order valence-corrected chi connectivity index (χ1v) is 9.14. The van der Waals surface area contributed by atoms with Crippen LogP contribution in [0.4, 0.5) is 5.82 Å².